The Balaban J connectivity index is 1.31. The van der Waals surface area contributed by atoms with Crippen LogP contribution in [0.25, 0.3) is 10.2 Å². The first-order chi connectivity index (χ1) is 14.5. The Hall–Kier alpha value is -2.03. The third-order valence-corrected chi connectivity index (χ3v) is 7.56. The zero-order valence-corrected chi connectivity index (χ0v) is 18.8. The van der Waals surface area contributed by atoms with Crippen LogP contribution in [0.5, 0.6) is 5.75 Å². The highest BCUT2D eigenvalue weighted by Crippen LogP contribution is 2.38. The first-order valence-corrected chi connectivity index (χ1v) is 11.8. The highest BCUT2D eigenvalue weighted by atomic mass is 35.5. The van der Waals surface area contributed by atoms with Crippen molar-refractivity contribution in [1.29, 1.82) is 0 Å². The van der Waals surface area contributed by atoms with Crippen LogP contribution in [0.3, 0.4) is 0 Å². The number of benzene rings is 2. The lowest BCUT2D eigenvalue weighted by Gasteiger charge is -2.34. The SMILES string of the molecule is COc1ccc(Cl)c2sc(N3CCN(C(=O)CCSc4ccc(F)cc4)CC3)nc12. The van der Waals surface area contributed by atoms with Gasteiger partial charge in [-0.05, 0) is 36.4 Å². The topological polar surface area (TPSA) is 45.7 Å². The summed E-state index contributed by atoms with van der Waals surface area (Å²) in [7, 11) is 1.63. The number of ether oxygens (including phenoxy) is 1. The van der Waals surface area contributed by atoms with E-state index in [1.165, 1.54) is 12.1 Å². The summed E-state index contributed by atoms with van der Waals surface area (Å²) in [6, 6.07) is 10.0. The smallest absolute Gasteiger partial charge is 0.223 e. The van der Waals surface area contributed by atoms with E-state index in [2.05, 4.69) is 4.90 Å². The van der Waals surface area contributed by atoms with Gasteiger partial charge < -0.3 is 14.5 Å². The van der Waals surface area contributed by atoms with Gasteiger partial charge in [-0.25, -0.2) is 9.37 Å². The summed E-state index contributed by atoms with van der Waals surface area (Å²) in [5.74, 6) is 1.30. The molecule has 4 rings (SSSR count). The summed E-state index contributed by atoms with van der Waals surface area (Å²) in [5.41, 5.74) is 0.779. The average molecular weight is 466 g/mol. The number of thioether (sulfide) groups is 1. The van der Waals surface area contributed by atoms with Gasteiger partial charge in [0.25, 0.3) is 0 Å². The van der Waals surface area contributed by atoms with E-state index in [0.29, 0.717) is 36.0 Å². The van der Waals surface area contributed by atoms with Crippen LogP contribution in [0.15, 0.2) is 41.3 Å². The highest BCUT2D eigenvalue weighted by molar-refractivity contribution is 7.99. The minimum Gasteiger partial charge on any atom is -0.494 e. The van der Waals surface area contributed by atoms with Crippen molar-refractivity contribution in [2.45, 2.75) is 11.3 Å². The van der Waals surface area contributed by atoms with E-state index < -0.39 is 0 Å². The van der Waals surface area contributed by atoms with Crippen molar-refractivity contribution in [2.24, 2.45) is 0 Å². The number of aromatic nitrogens is 1. The van der Waals surface area contributed by atoms with E-state index in [4.69, 9.17) is 21.3 Å². The van der Waals surface area contributed by atoms with E-state index in [0.717, 1.165) is 33.3 Å². The Morgan fingerprint density at radius 1 is 1.20 bits per heavy atom. The van der Waals surface area contributed by atoms with E-state index in [1.807, 2.05) is 17.0 Å². The fraction of sp³-hybridized carbons (Fsp3) is 0.333. The number of carbonyl (C=O) groups excluding carboxylic acids is 1. The second-order valence-corrected chi connectivity index (χ2v) is 9.40. The Morgan fingerprint density at radius 2 is 1.93 bits per heavy atom. The molecule has 0 radical (unpaired) electrons. The lowest BCUT2D eigenvalue weighted by molar-refractivity contribution is -0.131. The number of hydrogen-bond donors (Lipinski definition) is 0. The van der Waals surface area contributed by atoms with Crippen LogP contribution in [0, 0.1) is 5.82 Å². The number of nitrogens with zero attached hydrogens (tertiary/aromatic N) is 3. The second kappa shape index (κ2) is 9.41. The van der Waals surface area contributed by atoms with E-state index in [1.54, 1.807) is 42.3 Å². The molecule has 30 heavy (non-hydrogen) atoms. The van der Waals surface area contributed by atoms with Crippen LogP contribution in [0.4, 0.5) is 9.52 Å². The van der Waals surface area contributed by atoms with Gasteiger partial charge in [-0.15, -0.1) is 11.8 Å². The molecule has 0 atom stereocenters. The minimum atomic E-state index is -0.248. The number of fused-ring (bicyclic) bond motifs is 1. The van der Waals surface area contributed by atoms with E-state index in [9.17, 15) is 9.18 Å². The van der Waals surface area contributed by atoms with Gasteiger partial charge in [-0.3, -0.25) is 4.79 Å². The van der Waals surface area contributed by atoms with Crippen molar-refractivity contribution in [1.82, 2.24) is 9.88 Å². The minimum absolute atomic E-state index is 0.151. The van der Waals surface area contributed by atoms with Gasteiger partial charge in [0.1, 0.15) is 17.1 Å². The third kappa shape index (κ3) is 4.66. The zero-order chi connectivity index (χ0) is 21.1. The molecule has 3 aromatic rings. The normalized spacial score (nSPS) is 14.4. The van der Waals surface area contributed by atoms with Crippen molar-refractivity contribution >= 4 is 56.0 Å². The number of hydrogen-bond acceptors (Lipinski definition) is 6. The maximum absolute atomic E-state index is 13.0. The van der Waals surface area contributed by atoms with Gasteiger partial charge in [-0.2, -0.15) is 0 Å². The van der Waals surface area contributed by atoms with E-state index >= 15 is 0 Å². The standard InChI is InChI=1S/C21H21ClFN3O2S2/c1-28-17-7-6-16(22)20-19(17)24-21(30-20)26-11-9-25(10-12-26)18(27)8-13-29-15-4-2-14(23)3-5-15/h2-7H,8-13H2,1H3. The largest absolute Gasteiger partial charge is 0.494 e. The van der Waals surface area contributed by atoms with Gasteiger partial charge in [0.2, 0.25) is 5.91 Å². The number of amides is 1. The number of carbonyl (C=O) groups is 1. The van der Waals surface area contributed by atoms with Crippen molar-refractivity contribution < 1.29 is 13.9 Å². The predicted octanol–water partition coefficient (Wildman–Crippen LogP) is 4.93. The highest BCUT2D eigenvalue weighted by Gasteiger charge is 2.24. The average Bonchev–Trinajstić information content (AvgIpc) is 3.22. The van der Waals surface area contributed by atoms with Gasteiger partial charge >= 0.3 is 0 Å². The predicted molar refractivity (Wildman–Crippen MR) is 122 cm³/mol. The molecule has 9 heteroatoms. The molecular weight excluding hydrogens is 445 g/mol. The Labute approximate surface area is 187 Å². The fourth-order valence-electron chi connectivity index (χ4n) is 3.33. The number of rotatable bonds is 6. The molecule has 1 aliphatic heterocycles. The second-order valence-electron chi connectivity index (χ2n) is 6.84. The summed E-state index contributed by atoms with van der Waals surface area (Å²) < 4.78 is 19.3. The number of anilines is 1. The molecule has 1 aliphatic rings. The molecule has 1 fully saturated rings. The Bertz CT molecular complexity index is 1040. The summed E-state index contributed by atoms with van der Waals surface area (Å²) in [6.45, 7) is 2.80. The quantitative estimate of drug-likeness (QED) is 0.483. The molecule has 0 spiro atoms. The van der Waals surface area contributed by atoms with Crippen molar-refractivity contribution in [3.63, 3.8) is 0 Å². The summed E-state index contributed by atoms with van der Waals surface area (Å²) in [4.78, 5) is 22.3. The lowest BCUT2D eigenvalue weighted by Crippen LogP contribution is -2.48. The molecule has 0 saturated carbocycles. The molecule has 1 amide bonds. The molecule has 1 saturated heterocycles. The maximum atomic E-state index is 13.0. The monoisotopic (exact) mass is 465 g/mol. The fourth-order valence-corrected chi connectivity index (χ4v) is 5.48. The molecule has 0 aliphatic carbocycles. The number of thiazole rings is 1. The zero-order valence-electron chi connectivity index (χ0n) is 16.4. The molecule has 1 aromatic heterocycles. The molecule has 0 unspecified atom stereocenters. The van der Waals surface area contributed by atoms with Crippen LogP contribution in [-0.2, 0) is 4.79 Å². The molecule has 2 heterocycles. The van der Waals surface area contributed by atoms with Crippen molar-refractivity contribution in [3.05, 3.63) is 47.2 Å². The number of piperazine rings is 1. The summed E-state index contributed by atoms with van der Waals surface area (Å²) >= 11 is 9.45. The van der Waals surface area contributed by atoms with Gasteiger partial charge in [0.05, 0.1) is 16.8 Å². The Morgan fingerprint density at radius 3 is 2.63 bits per heavy atom. The van der Waals surface area contributed by atoms with Crippen LogP contribution in [0.2, 0.25) is 5.02 Å². The maximum Gasteiger partial charge on any atom is 0.223 e. The Kier molecular flexibility index (Phi) is 6.65. The number of methoxy groups -OCH3 is 1. The molecular formula is C21H21ClFN3O2S2. The van der Waals surface area contributed by atoms with Gasteiger partial charge in [0.15, 0.2) is 5.13 Å². The molecule has 2 aromatic carbocycles. The third-order valence-electron chi connectivity index (χ3n) is 4.97. The van der Waals surface area contributed by atoms with E-state index in [-0.39, 0.29) is 11.7 Å². The summed E-state index contributed by atoms with van der Waals surface area (Å²) in [6.07, 6.45) is 0.468. The molecule has 158 valence electrons. The molecule has 5 nitrogen and oxygen atoms in total. The van der Waals surface area contributed by atoms with Gasteiger partial charge in [-0.1, -0.05) is 22.9 Å². The lowest BCUT2D eigenvalue weighted by atomic mass is 10.3. The van der Waals surface area contributed by atoms with Crippen LogP contribution < -0.4 is 9.64 Å². The van der Waals surface area contributed by atoms with Crippen molar-refractivity contribution in [2.75, 3.05) is 43.9 Å². The van der Waals surface area contributed by atoms with Gasteiger partial charge in [0, 0.05) is 43.2 Å². The first kappa shape index (κ1) is 21.2. The van der Waals surface area contributed by atoms with Crippen molar-refractivity contribution in [3.8, 4) is 5.75 Å². The first-order valence-electron chi connectivity index (χ1n) is 9.59. The molecule has 0 bridgehead atoms. The summed E-state index contributed by atoms with van der Waals surface area (Å²) in [5, 5.41) is 1.57. The van der Waals surface area contributed by atoms with Crippen LogP contribution >= 0.6 is 34.7 Å². The number of halogens is 2. The molecule has 0 N–H and O–H groups in total. The van der Waals surface area contributed by atoms with Crippen LogP contribution in [-0.4, -0.2) is 54.8 Å². The van der Waals surface area contributed by atoms with Crippen LogP contribution in [0.1, 0.15) is 6.42 Å².